The summed E-state index contributed by atoms with van der Waals surface area (Å²) >= 11 is 1.73. The highest BCUT2D eigenvalue weighted by molar-refractivity contribution is 7.99. The summed E-state index contributed by atoms with van der Waals surface area (Å²) in [5.41, 5.74) is 1.51. The van der Waals surface area contributed by atoms with Gasteiger partial charge in [-0.3, -0.25) is 4.79 Å². The molecule has 3 rings (SSSR count). The number of thioether (sulfide) groups is 1. The molecule has 0 saturated carbocycles. The molecule has 1 saturated heterocycles. The number of rotatable bonds is 4. The van der Waals surface area contributed by atoms with Crippen LogP contribution in [0.4, 0.5) is 4.39 Å². The molecule has 0 N–H and O–H groups in total. The number of carbonyl (C=O) groups excluding carboxylic acids is 1. The van der Waals surface area contributed by atoms with Gasteiger partial charge in [0.05, 0.1) is 13.5 Å². The van der Waals surface area contributed by atoms with Crippen molar-refractivity contribution in [3.63, 3.8) is 0 Å². The molecule has 0 radical (unpaired) electrons. The lowest BCUT2D eigenvalue weighted by molar-refractivity contribution is -0.130. The van der Waals surface area contributed by atoms with Gasteiger partial charge in [-0.25, -0.2) is 4.39 Å². The van der Waals surface area contributed by atoms with Crippen LogP contribution in [0.1, 0.15) is 16.5 Å². The maximum absolute atomic E-state index is 13.8. The standard InChI is InChI=1S/C18H18FNO2S/c1-22-15-8-6-13(7-9-15)18-20(10-11-23-18)17(21)12-14-4-2-3-5-16(14)19/h2-9,18H,10-12H2,1H3. The van der Waals surface area contributed by atoms with Crippen molar-refractivity contribution in [3.8, 4) is 5.75 Å². The van der Waals surface area contributed by atoms with Crippen LogP contribution in [0.15, 0.2) is 48.5 Å². The van der Waals surface area contributed by atoms with Crippen LogP contribution in [0.5, 0.6) is 5.75 Å². The van der Waals surface area contributed by atoms with E-state index in [4.69, 9.17) is 4.74 Å². The monoisotopic (exact) mass is 331 g/mol. The van der Waals surface area contributed by atoms with Gasteiger partial charge in [-0.1, -0.05) is 30.3 Å². The van der Waals surface area contributed by atoms with Gasteiger partial charge in [-0.2, -0.15) is 0 Å². The summed E-state index contributed by atoms with van der Waals surface area (Å²) in [6, 6.07) is 14.2. The Bertz CT molecular complexity index is 690. The van der Waals surface area contributed by atoms with E-state index in [2.05, 4.69) is 0 Å². The lowest BCUT2D eigenvalue weighted by Gasteiger charge is -2.24. The molecule has 120 valence electrons. The summed E-state index contributed by atoms with van der Waals surface area (Å²) in [6.07, 6.45) is 0.0971. The highest BCUT2D eigenvalue weighted by atomic mass is 32.2. The predicted molar refractivity (Wildman–Crippen MR) is 90.0 cm³/mol. The smallest absolute Gasteiger partial charge is 0.228 e. The molecule has 1 amide bonds. The van der Waals surface area contributed by atoms with Gasteiger partial charge in [0, 0.05) is 12.3 Å². The number of amides is 1. The van der Waals surface area contributed by atoms with Crippen molar-refractivity contribution in [2.45, 2.75) is 11.8 Å². The Morgan fingerprint density at radius 2 is 2.00 bits per heavy atom. The molecule has 1 fully saturated rings. The number of hydrogen-bond donors (Lipinski definition) is 0. The van der Waals surface area contributed by atoms with Crippen LogP contribution >= 0.6 is 11.8 Å². The Morgan fingerprint density at radius 1 is 1.26 bits per heavy atom. The van der Waals surface area contributed by atoms with E-state index in [0.29, 0.717) is 12.1 Å². The van der Waals surface area contributed by atoms with Crippen LogP contribution < -0.4 is 4.74 Å². The molecule has 0 spiro atoms. The first-order valence-electron chi connectivity index (χ1n) is 7.47. The van der Waals surface area contributed by atoms with Crippen LogP contribution in [0, 0.1) is 5.82 Å². The largest absolute Gasteiger partial charge is 0.497 e. The van der Waals surface area contributed by atoms with Crippen LogP contribution in [0.2, 0.25) is 0 Å². The Labute approximate surface area is 139 Å². The molecule has 1 heterocycles. The topological polar surface area (TPSA) is 29.5 Å². The summed E-state index contributed by atoms with van der Waals surface area (Å²) in [4.78, 5) is 14.4. The predicted octanol–water partition coefficient (Wildman–Crippen LogP) is 3.65. The third kappa shape index (κ3) is 3.50. The lowest BCUT2D eigenvalue weighted by atomic mass is 10.1. The third-order valence-electron chi connectivity index (χ3n) is 3.91. The summed E-state index contributed by atoms with van der Waals surface area (Å²) in [5.74, 6) is 1.32. The van der Waals surface area contributed by atoms with E-state index in [1.54, 1.807) is 37.1 Å². The minimum Gasteiger partial charge on any atom is -0.497 e. The molecule has 0 aromatic heterocycles. The van der Waals surface area contributed by atoms with Gasteiger partial charge in [0.2, 0.25) is 5.91 Å². The van der Waals surface area contributed by atoms with Crippen molar-refractivity contribution < 1.29 is 13.9 Å². The highest BCUT2D eigenvalue weighted by Gasteiger charge is 2.30. The Hall–Kier alpha value is -2.01. The lowest BCUT2D eigenvalue weighted by Crippen LogP contribution is -2.31. The minimum absolute atomic E-state index is 0.0137. The van der Waals surface area contributed by atoms with Crippen molar-refractivity contribution >= 4 is 17.7 Å². The van der Waals surface area contributed by atoms with Crippen molar-refractivity contribution in [1.82, 2.24) is 4.90 Å². The molecule has 2 aromatic carbocycles. The van der Waals surface area contributed by atoms with Crippen molar-refractivity contribution in [3.05, 3.63) is 65.5 Å². The number of methoxy groups -OCH3 is 1. The molecule has 5 heteroatoms. The average Bonchev–Trinajstić information content (AvgIpc) is 3.07. The maximum atomic E-state index is 13.8. The van der Waals surface area contributed by atoms with E-state index in [9.17, 15) is 9.18 Å². The van der Waals surface area contributed by atoms with E-state index < -0.39 is 0 Å². The van der Waals surface area contributed by atoms with E-state index in [1.807, 2.05) is 29.2 Å². The number of benzene rings is 2. The van der Waals surface area contributed by atoms with Crippen LogP contribution in [0.25, 0.3) is 0 Å². The van der Waals surface area contributed by atoms with Gasteiger partial charge >= 0.3 is 0 Å². The van der Waals surface area contributed by atoms with E-state index in [1.165, 1.54) is 6.07 Å². The first-order chi connectivity index (χ1) is 11.2. The fraction of sp³-hybridized carbons (Fsp3) is 0.278. The summed E-state index contributed by atoms with van der Waals surface area (Å²) in [7, 11) is 1.63. The maximum Gasteiger partial charge on any atom is 0.228 e. The van der Waals surface area contributed by atoms with Gasteiger partial charge in [0.1, 0.15) is 16.9 Å². The highest BCUT2D eigenvalue weighted by Crippen LogP contribution is 2.38. The molecule has 3 nitrogen and oxygen atoms in total. The minimum atomic E-state index is -0.325. The van der Waals surface area contributed by atoms with Crippen molar-refractivity contribution in [2.75, 3.05) is 19.4 Å². The molecule has 0 aliphatic carbocycles. The van der Waals surface area contributed by atoms with Crippen LogP contribution in [-0.4, -0.2) is 30.2 Å². The number of ether oxygens (including phenoxy) is 1. The average molecular weight is 331 g/mol. The second-order valence-corrected chi connectivity index (χ2v) is 6.54. The molecule has 2 aromatic rings. The van der Waals surface area contributed by atoms with Crippen LogP contribution in [-0.2, 0) is 11.2 Å². The van der Waals surface area contributed by atoms with Gasteiger partial charge in [0.15, 0.2) is 0 Å². The van der Waals surface area contributed by atoms with Crippen molar-refractivity contribution in [1.29, 1.82) is 0 Å². The molecule has 0 bridgehead atoms. The summed E-state index contributed by atoms with van der Waals surface area (Å²) in [5, 5.41) is -0.0137. The van der Waals surface area contributed by atoms with E-state index >= 15 is 0 Å². The zero-order valence-electron chi connectivity index (χ0n) is 12.9. The van der Waals surface area contributed by atoms with E-state index in [-0.39, 0.29) is 23.5 Å². The zero-order valence-corrected chi connectivity index (χ0v) is 13.7. The second kappa shape index (κ2) is 7.04. The van der Waals surface area contributed by atoms with E-state index in [0.717, 1.165) is 17.1 Å². The summed E-state index contributed by atoms with van der Waals surface area (Å²) in [6.45, 7) is 0.689. The number of nitrogens with zero attached hydrogens (tertiary/aromatic N) is 1. The Kier molecular flexibility index (Phi) is 4.86. The molecular formula is C18H18FNO2S. The van der Waals surface area contributed by atoms with Gasteiger partial charge in [-0.05, 0) is 29.3 Å². The summed E-state index contributed by atoms with van der Waals surface area (Å²) < 4.78 is 18.9. The number of hydrogen-bond acceptors (Lipinski definition) is 3. The van der Waals surface area contributed by atoms with Gasteiger partial charge in [-0.15, -0.1) is 11.8 Å². The molecule has 1 aliphatic heterocycles. The molecule has 1 unspecified atom stereocenters. The molecule has 1 atom stereocenters. The Balaban J connectivity index is 1.75. The van der Waals surface area contributed by atoms with Crippen LogP contribution in [0.3, 0.4) is 0 Å². The fourth-order valence-electron chi connectivity index (χ4n) is 2.68. The first-order valence-corrected chi connectivity index (χ1v) is 8.52. The zero-order chi connectivity index (χ0) is 16.2. The SMILES string of the molecule is COc1ccc(C2SCCN2C(=O)Cc2ccccc2F)cc1. The Morgan fingerprint density at radius 3 is 2.70 bits per heavy atom. The van der Waals surface area contributed by atoms with Gasteiger partial charge in [0.25, 0.3) is 0 Å². The quantitative estimate of drug-likeness (QED) is 0.856. The molecule has 23 heavy (non-hydrogen) atoms. The van der Waals surface area contributed by atoms with Crippen molar-refractivity contribution in [2.24, 2.45) is 0 Å². The number of carbonyl (C=O) groups is 1. The first kappa shape index (κ1) is 15.9. The second-order valence-electron chi connectivity index (χ2n) is 5.35. The third-order valence-corrected chi connectivity index (χ3v) is 5.17. The molecular weight excluding hydrogens is 313 g/mol. The number of halogens is 1. The normalized spacial score (nSPS) is 17.3. The van der Waals surface area contributed by atoms with Gasteiger partial charge < -0.3 is 9.64 Å². The fourth-order valence-corrected chi connectivity index (χ4v) is 3.95. The molecule has 1 aliphatic rings.